The molecule has 2 N–H and O–H groups in total. The van der Waals surface area contributed by atoms with Crippen molar-refractivity contribution in [3.05, 3.63) is 23.8 Å². The summed E-state index contributed by atoms with van der Waals surface area (Å²) in [6.07, 6.45) is 0. The molecule has 0 amide bonds. The highest BCUT2D eigenvalue weighted by Gasteiger charge is 2.15. The molecule has 0 aliphatic rings. The predicted octanol–water partition coefficient (Wildman–Crippen LogP) is 1.98. The Bertz CT molecular complexity index is 671. The Balaban J connectivity index is 2.79. The van der Waals surface area contributed by atoms with Crippen LogP contribution >= 0.6 is 0 Å². The van der Waals surface area contributed by atoms with Crippen LogP contribution in [0.15, 0.2) is 18.2 Å². The molecular weight excluding hydrogens is 366 g/mol. The maximum absolute atomic E-state index is 11.8. The molecule has 8 nitrogen and oxygen atoms in total. The maximum atomic E-state index is 11.8. The van der Waals surface area contributed by atoms with Crippen LogP contribution < -0.4 is 15.2 Å². The molecule has 156 valence electrons. The third-order valence-corrected chi connectivity index (χ3v) is 3.30. The first-order valence-corrected chi connectivity index (χ1v) is 9.17. The molecule has 1 rings (SSSR count). The highest BCUT2D eigenvalue weighted by atomic mass is 16.6. The Morgan fingerprint density at radius 3 is 1.82 bits per heavy atom. The number of rotatable bonds is 12. The number of benzene rings is 1. The fourth-order valence-corrected chi connectivity index (χ4v) is 1.91. The van der Waals surface area contributed by atoms with E-state index in [2.05, 4.69) is 0 Å². The van der Waals surface area contributed by atoms with Gasteiger partial charge in [0.25, 0.3) is 0 Å². The van der Waals surface area contributed by atoms with E-state index < -0.39 is 11.9 Å². The van der Waals surface area contributed by atoms with Crippen molar-refractivity contribution in [2.75, 3.05) is 33.0 Å². The number of ketones is 1. The number of hydrogen-bond donors (Lipinski definition) is 1. The second-order valence-electron chi connectivity index (χ2n) is 7.02. The molecule has 0 saturated carbocycles. The summed E-state index contributed by atoms with van der Waals surface area (Å²) in [5.41, 5.74) is 5.69. The summed E-state index contributed by atoms with van der Waals surface area (Å²) in [5, 5.41) is 0. The van der Waals surface area contributed by atoms with E-state index in [-0.39, 0.29) is 62.1 Å². The lowest BCUT2D eigenvalue weighted by Gasteiger charge is -2.14. The molecule has 0 heterocycles. The summed E-state index contributed by atoms with van der Waals surface area (Å²) in [5.74, 6) is -0.629. The second kappa shape index (κ2) is 12.0. The van der Waals surface area contributed by atoms with Crippen molar-refractivity contribution in [1.29, 1.82) is 0 Å². The molecule has 0 spiro atoms. The van der Waals surface area contributed by atoms with E-state index in [9.17, 15) is 14.4 Å². The summed E-state index contributed by atoms with van der Waals surface area (Å²) in [4.78, 5) is 35.3. The van der Waals surface area contributed by atoms with Gasteiger partial charge in [-0.2, -0.15) is 0 Å². The van der Waals surface area contributed by atoms with Crippen LogP contribution in [-0.2, 0) is 19.1 Å². The monoisotopic (exact) mass is 395 g/mol. The molecule has 0 radical (unpaired) electrons. The van der Waals surface area contributed by atoms with Crippen LogP contribution in [0.5, 0.6) is 11.5 Å². The largest absolute Gasteiger partial charge is 0.478 e. The number of hydrogen-bond acceptors (Lipinski definition) is 8. The Morgan fingerprint density at radius 2 is 1.36 bits per heavy atom. The van der Waals surface area contributed by atoms with Gasteiger partial charge < -0.3 is 24.7 Å². The van der Waals surface area contributed by atoms with Crippen LogP contribution in [0.25, 0.3) is 0 Å². The molecule has 1 aromatic rings. The third kappa shape index (κ3) is 8.85. The van der Waals surface area contributed by atoms with Crippen LogP contribution in [0.4, 0.5) is 0 Å². The number of nitrogens with two attached hydrogens (primary N) is 1. The standard InChI is InChI=1S/C20H29NO7/c1-13(2)9-27-19(23)11-25-17-6-5-15(16(22)8-21)7-18(17)26-12-20(24)28-10-14(3)4/h5-7,13-14H,8-12,21H2,1-4H3. The van der Waals surface area contributed by atoms with Gasteiger partial charge in [-0.25, -0.2) is 9.59 Å². The van der Waals surface area contributed by atoms with E-state index in [1.165, 1.54) is 18.2 Å². The summed E-state index contributed by atoms with van der Waals surface area (Å²) in [7, 11) is 0. The fourth-order valence-electron chi connectivity index (χ4n) is 1.91. The van der Waals surface area contributed by atoms with Gasteiger partial charge in [-0.15, -0.1) is 0 Å². The predicted molar refractivity (Wildman–Crippen MR) is 102 cm³/mol. The van der Waals surface area contributed by atoms with Crippen LogP contribution in [-0.4, -0.2) is 50.7 Å². The van der Waals surface area contributed by atoms with Gasteiger partial charge >= 0.3 is 11.9 Å². The lowest BCUT2D eigenvalue weighted by atomic mass is 10.1. The Hall–Kier alpha value is -2.61. The Labute approximate surface area is 165 Å². The van der Waals surface area contributed by atoms with Crippen molar-refractivity contribution in [1.82, 2.24) is 0 Å². The van der Waals surface area contributed by atoms with Gasteiger partial charge in [-0.3, -0.25) is 4.79 Å². The lowest BCUT2D eigenvalue weighted by molar-refractivity contribution is -0.148. The minimum Gasteiger partial charge on any atom is -0.478 e. The van der Waals surface area contributed by atoms with E-state index >= 15 is 0 Å². The smallest absolute Gasteiger partial charge is 0.344 e. The van der Waals surface area contributed by atoms with Crippen molar-refractivity contribution >= 4 is 17.7 Å². The minimum atomic E-state index is -0.549. The number of esters is 2. The number of Topliss-reactive ketones (excluding diaryl/α,β-unsaturated/α-hetero) is 1. The van der Waals surface area contributed by atoms with Gasteiger partial charge in [0.2, 0.25) is 0 Å². The van der Waals surface area contributed by atoms with Gasteiger partial charge in [0.05, 0.1) is 19.8 Å². The van der Waals surface area contributed by atoms with Gasteiger partial charge in [0, 0.05) is 5.56 Å². The van der Waals surface area contributed by atoms with Crippen LogP contribution in [0.2, 0.25) is 0 Å². The van der Waals surface area contributed by atoms with E-state index in [0.29, 0.717) is 5.56 Å². The topological polar surface area (TPSA) is 114 Å². The molecule has 8 heteroatoms. The van der Waals surface area contributed by atoms with Crippen molar-refractivity contribution in [3.8, 4) is 11.5 Å². The normalized spacial score (nSPS) is 10.7. The summed E-state index contributed by atoms with van der Waals surface area (Å²) < 4.78 is 21.0. The molecule has 0 unspecified atom stereocenters. The van der Waals surface area contributed by atoms with E-state index in [1.54, 1.807) is 0 Å². The zero-order valence-electron chi connectivity index (χ0n) is 16.9. The van der Waals surface area contributed by atoms with Gasteiger partial charge in [-0.05, 0) is 30.0 Å². The fraction of sp³-hybridized carbons (Fsp3) is 0.550. The average molecular weight is 395 g/mol. The lowest BCUT2D eigenvalue weighted by Crippen LogP contribution is -2.20. The Kier molecular flexibility index (Phi) is 10.0. The first kappa shape index (κ1) is 23.4. The van der Waals surface area contributed by atoms with Crippen molar-refractivity contribution in [3.63, 3.8) is 0 Å². The highest BCUT2D eigenvalue weighted by molar-refractivity contribution is 5.98. The summed E-state index contributed by atoms with van der Waals surface area (Å²) in [6.45, 7) is 7.39. The molecule has 0 saturated heterocycles. The SMILES string of the molecule is CC(C)COC(=O)COc1ccc(C(=O)CN)cc1OCC(=O)OCC(C)C. The van der Waals surface area contributed by atoms with Crippen molar-refractivity contribution in [2.45, 2.75) is 27.7 Å². The molecular formula is C20H29NO7. The number of carbonyl (C=O) groups is 3. The molecule has 28 heavy (non-hydrogen) atoms. The van der Waals surface area contributed by atoms with E-state index in [4.69, 9.17) is 24.7 Å². The number of carbonyl (C=O) groups excluding carboxylic acids is 3. The average Bonchev–Trinajstić information content (AvgIpc) is 2.66. The zero-order chi connectivity index (χ0) is 21.1. The van der Waals surface area contributed by atoms with Crippen LogP contribution in [0.1, 0.15) is 38.1 Å². The summed E-state index contributed by atoms with van der Waals surface area (Å²) >= 11 is 0. The van der Waals surface area contributed by atoms with E-state index in [1.807, 2.05) is 27.7 Å². The van der Waals surface area contributed by atoms with Crippen molar-refractivity contribution < 1.29 is 33.3 Å². The molecule has 0 atom stereocenters. The molecule has 0 aliphatic carbocycles. The van der Waals surface area contributed by atoms with Gasteiger partial charge in [0.15, 0.2) is 30.5 Å². The van der Waals surface area contributed by atoms with Crippen molar-refractivity contribution in [2.24, 2.45) is 17.6 Å². The molecule has 0 aromatic heterocycles. The quantitative estimate of drug-likeness (QED) is 0.422. The molecule has 0 bridgehead atoms. The second-order valence-corrected chi connectivity index (χ2v) is 7.02. The third-order valence-electron chi connectivity index (χ3n) is 3.30. The van der Waals surface area contributed by atoms with Gasteiger partial charge in [0.1, 0.15) is 0 Å². The molecule has 0 fully saturated rings. The van der Waals surface area contributed by atoms with Crippen LogP contribution in [0, 0.1) is 11.8 Å². The minimum absolute atomic E-state index is 0.137. The maximum Gasteiger partial charge on any atom is 0.344 e. The van der Waals surface area contributed by atoms with Crippen LogP contribution in [0.3, 0.4) is 0 Å². The molecule has 0 aliphatic heterocycles. The number of ether oxygens (including phenoxy) is 4. The van der Waals surface area contributed by atoms with Gasteiger partial charge in [-0.1, -0.05) is 27.7 Å². The Morgan fingerprint density at radius 1 is 0.857 bits per heavy atom. The zero-order valence-corrected chi connectivity index (χ0v) is 16.9. The van der Waals surface area contributed by atoms with E-state index in [0.717, 1.165) is 0 Å². The molecule has 1 aromatic carbocycles. The highest BCUT2D eigenvalue weighted by Crippen LogP contribution is 2.29. The first-order chi connectivity index (χ1) is 13.2. The first-order valence-electron chi connectivity index (χ1n) is 9.17. The summed E-state index contributed by atoms with van der Waals surface area (Å²) in [6, 6.07) is 4.40.